The van der Waals surface area contributed by atoms with Crippen LogP contribution in [0, 0.1) is 5.92 Å². The van der Waals surface area contributed by atoms with Crippen molar-refractivity contribution < 1.29 is 4.79 Å². The molecule has 1 amide bonds. The Kier molecular flexibility index (Phi) is 7.51. The summed E-state index contributed by atoms with van der Waals surface area (Å²) >= 11 is 0. The minimum Gasteiger partial charge on any atom is -0.352 e. The van der Waals surface area contributed by atoms with E-state index in [4.69, 9.17) is 5.73 Å². The molecule has 2 rings (SSSR count). The van der Waals surface area contributed by atoms with Crippen LogP contribution < -0.4 is 16.6 Å². The van der Waals surface area contributed by atoms with Crippen LogP contribution in [-0.2, 0) is 17.9 Å². The zero-order chi connectivity index (χ0) is 15.9. The van der Waals surface area contributed by atoms with Crippen LogP contribution in [0.15, 0.2) is 53.5 Å². The average molecular weight is 336 g/mol. The van der Waals surface area contributed by atoms with Gasteiger partial charge in [-0.2, -0.15) is 0 Å². The van der Waals surface area contributed by atoms with Crippen molar-refractivity contribution >= 4 is 18.3 Å². The van der Waals surface area contributed by atoms with E-state index >= 15 is 0 Å². The van der Waals surface area contributed by atoms with E-state index in [9.17, 15) is 9.59 Å². The highest BCUT2D eigenvalue weighted by atomic mass is 35.5. The molecule has 0 spiro atoms. The molecule has 1 atom stereocenters. The molecule has 0 aliphatic rings. The highest BCUT2D eigenvalue weighted by Gasteiger charge is 2.09. The van der Waals surface area contributed by atoms with Crippen LogP contribution in [0.25, 0.3) is 0 Å². The number of nitrogens with zero attached hydrogens (tertiary/aromatic N) is 1. The molecule has 0 aliphatic heterocycles. The summed E-state index contributed by atoms with van der Waals surface area (Å²) in [5, 5.41) is 2.85. The molecule has 1 unspecified atom stereocenters. The van der Waals surface area contributed by atoms with Gasteiger partial charge in [-0.1, -0.05) is 37.3 Å². The zero-order valence-electron chi connectivity index (χ0n) is 13.1. The Labute approximate surface area is 141 Å². The second-order valence-electron chi connectivity index (χ2n) is 5.34. The van der Waals surface area contributed by atoms with Crippen molar-refractivity contribution in [3.05, 3.63) is 70.1 Å². The van der Waals surface area contributed by atoms with Gasteiger partial charge in [-0.25, -0.2) is 0 Å². The van der Waals surface area contributed by atoms with Gasteiger partial charge < -0.3 is 15.6 Å². The molecule has 0 fully saturated rings. The van der Waals surface area contributed by atoms with Gasteiger partial charge in [-0.15, -0.1) is 12.4 Å². The van der Waals surface area contributed by atoms with Crippen LogP contribution in [0.1, 0.15) is 18.1 Å². The molecule has 124 valence electrons. The lowest BCUT2D eigenvalue weighted by atomic mass is 10.1. The van der Waals surface area contributed by atoms with E-state index in [1.54, 1.807) is 29.8 Å². The average Bonchev–Trinajstić information content (AvgIpc) is 2.55. The Bertz CT molecular complexity index is 683. The van der Waals surface area contributed by atoms with E-state index in [1.807, 2.05) is 30.3 Å². The number of hydrogen-bond acceptors (Lipinski definition) is 3. The zero-order valence-corrected chi connectivity index (χ0v) is 13.9. The highest BCUT2D eigenvalue weighted by Crippen LogP contribution is 2.06. The molecule has 2 aromatic rings. The molecule has 1 aromatic carbocycles. The van der Waals surface area contributed by atoms with Crippen molar-refractivity contribution in [1.82, 2.24) is 9.88 Å². The predicted molar refractivity (Wildman–Crippen MR) is 93.6 cm³/mol. The molecule has 1 aromatic heterocycles. The summed E-state index contributed by atoms with van der Waals surface area (Å²) < 4.78 is 1.65. The number of nitrogens with two attached hydrogens (primary N) is 1. The quantitative estimate of drug-likeness (QED) is 0.840. The number of halogens is 1. The largest absolute Gasteiger partial charge is 0.352 e. The second kappa shape index (κ2) is 9.12. The van der Waals surface area contributed by atoms with Gasteiger partial charge in [0.1, 0.15) is 0 Å². The number of amides is 1. The van der Waals surface area contributed by atoms with Crippen molar-refractivity contribution in [2.75, 3.05) is 6.54 Å². The Morgan fingerprint density at radius 3 is 2.43 bits per heavy atom. The molecule has 0 aliphatic carbocycles. The maximum atomic E-state index is 11.7. The van der Waals surface area contributed by atoms with Crippen molar-refractivity contribution in [2.45, 2.75) is 20.0 Å². The first-order chi connectivity index (χ1) is 10.6. The fourth-order valence-corrected chi connectivity index (χ4v) is 2.02. The summed E-state index contributed by atoms with van der Waals surface area (Å²) in [7, 11) is 0. The van der Waals surface area contributed by atoms with Crippen molar-refractivity contribution in [3.63, 3.8) is 0 Å². The minimum atomic E-state index is -0.177. The Balaban J connectivity index is 0.00000264. The maximum absolute atomic E-state index is 11.7. The first-order valence-corrected chi connectivity index (χ1v) is 7.31. The maximum Gasteiger partial charge on any atom is 0.250 e. The Hall–Kier alpha value is -2.11. The fraction of sp³-hybridized carbons (Fsp3) is 0.294. The highest BCUT2D eigenvalue weighted by molar-refractivity contribution is 5.85. The summed E-state index contributed by atoms with van der Waals surface area (Å²) in [5.41, 5.74) is 7.50. The summed E-state index contributed by atoms with van der Waals surface area (Å²) in [6, 6.07) is 13.0. The van der Waals surface area contributed by atoms with Gasteiger partial charge in [0.2, 0.25) is 5.91 Å². The third-order valence-corrected chi connectivity index (χ3v) is 3.54. The van der Waals surface area contributed by atoms with Crippen LogP contribution in [-0.4, -0.2) is 17.0 Å². The summed E-state index contributed by atoms with van der Waals surface area (Å²) in [6.45, 7) is 3.16. The summed E-state index contributed by atoms with van der Waals surface area (Å²) in [6.07, 6.45) is 1.77. The van der Waals surface area contributed by atoms with Gasteiger partial charge in [-0.3, -0.25) is 9.59 Å². The van der Waals surface area contributed by atoms with E-state index in [2.05, 4.69) is 5.32 Å². The first-order valence-electron chi connectivity index (χ1n) is 7.31. The van der Waals surface area contributed by atoms with Gasteiger partial charge in [0.25, 0.3) is 5.56 Å². The minimum absolute atomic E-state index is 0. The number of benzene rings is 1. The fourth-order valence-electron chi connectivity index (χ4n) is 2.02. The molecule has 6 heteroatoms. The molecule has 23 heavy (non-hydrogen) atoms. The second-order valence-corrected chi connectivity index (χ2v) is 5.34. The lowest BCUT2D eigenvalue weighted by Gasteiger charge is -2.10. The van der Waals surface area contributed by atoms with Gasteiger partial charge in [0.05, 0.1) is 6.54 Å². The molecular weight excluding hydrogens is 314 g/mol. The number of aromatic nitrogens is 1. The van der Waals surface area contributed by atoms with Crippen molar-refractivity contribution in [1.29, 1.82) is 0 Å². The van der Waals surface area contributed by atoms with Crippen molar-refractivity contribution in [3.8, 4) is 0 Å². The van der Waals surface area contributed by atoms with Crippen molar-refractivity contribution in [2.24, 2.45) is 11.7 Å². The van der Waals surface area contributed by atoms with Crippen LogP contribution in [0.3, 0.4) is 0 Å². The van der Waals surface area contributed by atoms with E-state index in [0.717, 1.165) is 11.1 Å². The Morgan fingerprint density at radius 1 is 1.17 bits per heavy atom. The standard InChI is InChI=1S/C17H21N3O2.ClH/c1-13(10-18)17(22)19-11-14-5-7-15(8-6-14)12-20-9-3-2-4-16(20)21;/h2-9,13H,10-12,18H2,1H3,(H,19,22);1H. The number of pyridine rings is 1. The van der Waals surface area contributed by atoms with Gasteiger partial charge in [0.15, 0.2) is 0 Å². The third kappa shape index (κ3) is 5.54. The summed E-state index contributed by atoms with van der Waals surface area (Å²) in [5.74, 6) is -0.216. The predicted octanol–water partition coefficient (Wildman–Crippen LogP) is 1.53. The lowest BCUT2D eigenvalue weighted by molar-refractivity contribution is -0.124. The molecule has 3 N–H and O–H groups in total. The number of hydrogen-bond donors (Lipinski definition) is 2. The van der Waals surface area contributed by atoms with E-state index < -0.39 is 0 Å². The molecular formula is C17H22ClN3O2. The van der Waals surface area contributed by atoms with Crippen LogP contribution in [0.4, 0.5) is 0 Å². The van der Waals surface area contributed by atoms with Crippen LogP contribution in [0.5, 0.6) is 0 Å². The topological polar surface area (TPSA) is 77.1 Å². The van der Waals surface area contributed by atoms with Gasteiger partial charge in [0, 0.05) is 31.3 Å². The Morgan fingerprint density at radius 2 is 1.83 bits per heavy atom. The molecule has 0 saturated carbocycles. The third-order valence-electron chi connectivity index (χ3n) is 3.54. The molecule has 0 bridgehead atoms. The molecule has 0 radical (unpaired) electrons. The van der Waals surface area contributed by atoms with Crippen LogP contribution in [0.2, 0.25) is 0 Å². The van der Waals surface area contributed by atoms with E-state index in [1.165, 1.54) is 0 Å². The SMILES string of the molecule is CC(CN)C(=O)NCc1ccc(Cn2ccccc2=O)cc1.Cl. The lowest BCUT2D eigenvalue weighted by Crippen LogP contribution is -2.32. The van der Waals surface area contributed by atoms with Gasteiger partial charge >= 0.3 is 0 Å². The molecule has 0 saturated heterocycles. The first kappa shape index (κ1) is 18.9. The number of nitrogens with one attached hydrogen (secondary N) is 1. The number of carbonyl (C=O) groups excluding carboxylic acids is 1. The number of carbonyl (C=O) groups is 1. The van der Waals surface area contributed by atoms with E-state index in [-0.39, 0.29) is 29.8 Å². The number of rotatable bonds is 6. The molecule has 5 nitrogen and oxygen atoms in total. The van der Waals surface area contributed by atoms with E-state index in [0.29, 0.717) is 19.6 Å². The van der Waals surface area contributed by atoms with Gasteiger partial charge in [-0.05, 0) is 17.2 Å². The smallest absolute Gasteiger partial charge is 0.250 e. The van der Waals surface area contributed by atoms with Crippen LogP contribution >= 0.6 is 12.4 Å². The summed E-state index contributed by atoms with van der Waals surface area (Å²) in [4.78, 5) is 23.3. The molecule has 1 heterocycles. The monoisotopic (exact) mass is 335 g/mol. The normalized spacial score (nSPS) is 11.4.